The van der Waals surface area contributed by atoms with Crippen molar-refractivity contribution < 1.29 is 9.53 Å². The van der Waals surface area contributed by atoms with E-state index in [0.29, 0.717) is 11.9 Å². The van der Waals surface area contributed by atoms with E-state index in [-0.39, 0.29) is 5.60 Å². The summed E-state index contributed by atoms with van der Waals surface area (Å²) in [5.74, 6) is 0. The minimum absolute atomic E-state index is 0.237. The summed E-state index contributed by atoms with van der Waals surface area (Å²) < 4.78 is 5.14. The van der Waals surface area contributed by atoms with E-state index < -0.39 is 0 Å². The lowest BCUT2D eigenvalue weighted by Gasteiger charge is -2.45. The van der Waals surface area contributed by atoms with Crippen molar-refractivity contribution in [2.24, 2.45) is 5.41 Å². The zero-order valence-corrected chi connectivity index (χ0v) is 7.38. The molecule has 0 saturated heterocycles. The van der Waals surface area contributed by atoms with Gasteiger partial charge in [0.15, 0.2) is 0 Å². The van der Waals surface area contributed by atoms with E-state index >= 15 is 0 Å². The van der Waals surface area contributed by atoms with Crippen molar-refractivity contribution in [3.8, 4) is 0 Å². The minimum atomic E-state index is -0.237. The maximum Gasteiger partial charge on any atom is 0.293 e. The molecule has 2 bridgehead atoms. The number of carbonyl (C=O) groups is 1. The lowest BCUT2D eigenvalue weighted by atomic mass is 9.64. The smallest absolute Gasteiger partial charge is 0.293 e. The summed E-state index contributed by atoms with van der Waals surface area (Å²) in [7, 11) is 0. The van der Waals surface area contributed by atoms with E-state index in [4.69, 9.17) is 4.74 Å². The van der Waals surface area contributed by atoms with Crippen molar-refractivity contribution in [1.82, 2.24) is 0 Å². The van der Waals surface area contributed by atoms with Crippen LogP contribution >= 0.6 is 0 Å². The summed E-state index contributed by atoms with van der Waals surface area (Å²) in [4.78, 5) is 10.3. The largest absolute Gasteiger partial charge is 0.457 e. The average Bonchev–Trinajstić information content (AvgIpc) is 2.08. The zero-order chi connectivity index (χ0) is 8.66. The maximum atomic E-state index is 10.3. The summed E-state index contributed by atoms with van der Waals surface area (Å²) in [6.07, 6.45) is 8.59. The normalized spacial score (nSPS) is 44.4. The Balaban J connectivity index is 2.22. The molecule has 0 aromatic rings. The second kappa shape index (κ2) is 2.35. The number of carbonyl (C=O) groups excluding carboxylic acids is 1. The van der Waals surface area contributed by atoms with Gasteiger partial charge in [0, 0.05) is 0 Å². The fourth-order valence-electron chi connectivity index (χ4n) is 2.18. The van der Waals surface area contributed by atoms with Crippen LogP contribution in [0.25, 0.3) is 0 Å². The molecule has 1 saturated carbocycles. The van der Waals surface area contributed by atoms with Crippen molar-refractivity contribution in [2.45, 2.75) is 38.2 Å². The molecule has 0 amide bonds. The van der Waals surface area contributed by atoms with Crippen LogP contribution in [-0.2, 0) is 9.53 Å². The van der Waals surface area contributed by atoms with Gasteiger partial charge in [-0.15, -0.1) is 0 Å². The predicted octanol–water partition coefficient (Wildman–Crippen LogP) is 2.05. The number of ether oxygens (including phenoxy) is 1. The molecule has 0 heterocycles. The van der Waals surface area contributed by atoms with Gasteiger partial charge in [0.1, 0.15) is 5.60 Å². The first-order chi connectivity index (χ1) is 5.68. The molecule has 0 aromatic carbocycles. The molecule has 0 aliphatic heterocycles. The highest BCUT2D eigenvalue weighted by atomic mass is 16.5. The molecule has 1 fully saturated rings. The van der Waals surface area contributed by atoms with E-state index in [1.807, 2.05) is 0 Å². The van der Waals surface area contributed by atoms with Crippen LogP contribution in [0.5, 0.6) is 0 Å². The van der Waals surface area contributed by atoms with E-state index in [1.54, 1.807) is 0 Å². The molecule has 3 aliphatic rings. The van der Waals surface area contributed by atoms with Gasteiger partial charge in [-0.3, -0.25) is 4.79 Å². The Bertz CT molecular complexity index is 222. The number of allylic oxidation sites excluding steroid dienone is 1. The molecule has 0 atom stereocenters. The topological polar surface area (TPSA) is 26.3 Å². The molecule has 0 aromatic heterocycles. The van der Waals surface area contributed by atoms with Crippen LogP contribution in [0.3, 0.4) is 0 Å². The lowest BCUT2D eigenvalue weighted by Crippen LogP contribution is -2.42. The van der Waals surface area contributed by atoms with Gasteiger partial charge in [0.25, 0.3) is 6.47 Å². The maximum absolute atomic E-state index is 10.3. The second-order valence-electron chi connectivity index (χ2n) is 4.27. The van der Waals surface area contributed by atoms with Gasteiger partial charge in [0.05, 0.1) is 0 Å². The molecule has 0 radical (unpaired) electrons. The van der Waals surface area contributed by atoms with Crippen LogP contribution in [0.1, 0.15) is 32.6 Å². The first-order valence-corrected chi connectivity index (χ1v) is 4.50. The van der Waals surface area contributed by atoms with E-state index in [0.717, 1.165) is 25.7 Å². The van der Waals surface area contributed by atoms with Crippen molar-refractivity contribution >= 4 is 6.47 Å². The molecule has 2 heteroatoms. The number of fused-ring (bicyclic) bond motifs is 2. The number of hydrogen-bond acceptors (Lipinski definition) is 2. The first-order valence-electron chi connectivity index (χ1n) is 4.50. The molecule has 66 valence electrons. The predicted molar refractivity (Wildman–Crippen MR) is 45.6 cm³/mol. The average molecular weight is 166 g/mol. The molecule has 0 N–H and O–H groups in total. The standard InChI is InChI=1S/C10H14O2/c1-9-2-5-10(6-3-9,7-4-9)12-8-11/h2,5,8H,3-4,6-7H2,1H3. The van der Waals surface area contributed by atoms with Gasteiger partial charge >= 0.3 is 0 Å². The Morgan fingerprint density at radius 2 is 1.92 bits per heavy atom. The molecule has 12 heavy (non-hydrogen) atoms. The first kappa shape index (κ1) is 7.84. The third-order valence-electron chi connectivity index (χ3n) is 3.31. The Hall–Kier alpha value is -0.790. The second-order valence-corrected chi connectivity index (χ2v) is 4.27. The Morgan fingerprint density at radius 1 is 1.25 bits per heavy atom. The summed E-state index contributed by atoms with van der Waals surface area (Å²) in [6.45, 7) is 2.85. The Kier molecular flexibility index (Phi) is 1.53. The molecule has 0 spiro atoms. The van der Waals surface area contributed by atoms with Crippen LogP contribution in [0.15, 0.2) is 12.2 Å². The summed E-state index contributed by atoms with van der Waals surface area (Å²) in [6, 6.07) is 0. The number of rotatable bonds is 2. The summed E-state index contributed by atoms with van der Waals surface area (Å²) in [5.41, 5.74) is 0.146. The third kappa shape index (κ3) is 1.06. The van der Waals surface area contributed by atoms with Gasteiger partial charge in [0.2, 0.25) is 0 Å². The highest BCUT2D eigenvalue weighted by molar-refractivity contribution is 5.40. The summed E-state index contributed by atoms with van der Waals surface area (Å²) >= 11 is 0. The van der Waals surface area contributed by atoms with Crippen LogP contribution in [-0.4, -0.2) is 12.1 Å². The lowest BCUT2D eigenvalue weighted by molar-refractivity contribution is -0.144. The minimum Gasteiger partial charge on any atom is -0.457 e. The van der Waals surface area contributed by atoms with Gasteiger partial charge in [-0.2, -0.15) is 0 Å². The SMILES string of the molecule is CC12C=CC(OC=O)(CC1)CC2. The fraction of sp³-hybridized carbons (Fsp3) is 0.700. The van der Waals surface area contributed by atoms with Crippen molar-refractivity contribution in [2.75, 3.05) is 0 Å². The zero-order valence-electron chi connectivity index (χ0n) is 7.38. The summed E-state index contributed by atoms with van der Waals surface area (Å²) in [5, 5.41) is 0. The quantitative estimate of drug-likeness (QED) is 0.463. The monoisotopic (exact) mass is 166 g/mol. The van der Waals surface area contributed by atoms with E-state index in [1.165, 1.54) is 0 Å². The molecule has 3 rings (SSSR count). The Morgan fingerprint density at radius 3 is 2.33 bits per heavy atom. The molecule has 3 aliphatic carbocycles. The molecule has 0 unspecified atom stereocenters. The highest BCUT2D eigenvalue weighted by Gasteiger charge is 2.43. The van der Waals surface area contributed by atoms with Crippen LogP contribution < -0.4 is 0 Å². The van der Waals surface area contributed by atoms with Crippen molar-refractivity contribution in [1.29, 1.82) is 0 Å². The molecular weight excluding hydrogens is 152 g/mol. The Labute approximate surface area is 72.6 Å². The number of hydrogen-bond donors (Lipinski definition) is 0. The van der Waals surface area contributed by atoms with Gasteiger partial charge in [-0.05, 0) is 37.2 Å². The fourth-order valence-corrected chi connectivity index (χ4v) is 2.18. The molecule has 2 nitrogen and oxygen atoms in total. The highest BCUT2D eigenvalue weighted by Crippen LogP contribution is 2.48. The van der Waals surface area contributed by atoms with Crippen molar-refractivity contribution in [3.63, 3.8) is 0 Å². The van der Waals surface area contributed by atoms with E-state index in [9.17, 15) is 4.79 Å². The van der Waals surface area contributed by atoms with Crippen LogP contribution in [0, 0.1) is 5.41 Å². The van der Waals surface area contributed by atoms with E-state index in [2.05, 4.69) is 19.1 Å². The van der Waals surface area contributed by atoms with Crippen LogP contribution in [0.4, 0.5) is 0 Å². The van der Waals surface area contributed by atoms with Crippen molar-refractivity contribution in [3.05, 3.63) is 12.2 Å². The van der Waals surface area contributed by atoms with Gasteiger partial charge < -0.3 is 4.74 Å². The van der Waals surface area contributed by atoms with Gasteiger partial charge in [-0.25, -0.2) is 0 Å². The van der Waals surface area contributed by atoms with Crippen LogP contribution in [0.2, 0.25) is 0 Å². The van der Waals surface area contributed by atoms with Gasteiger partial charge in [-0.1, -0.05) is 13.0 Å². The third-order valence-corrected chi connectivity index (χ3v) is 3.31. The molecular formula is C10H14O2.